The van der Waals surface area contributed by atoms with Gasteiger partial charge < -0.3 is 15.7 Å². The van der Waals surface area contributed by atoms with Crippen LogP contribution in [0.4, 0.5) is 0 Å². The summed E-state index contributed by atoms with van der Waals surface area (Å²) >= 11 is 0. The molecule has 3 N–H and O–H groups in total. The number of nitrogens with two attached hydrogens (primary N) is 1. The van der Waals surface area contributed by atoms with Crippen LogP contribution in [0.3, 0.4) is 0 Å². The van der Waals surface area contributed by atoms with Gasteiger partial charge >= 0.3 is 0 Å². The van der Waals surface area contributed by atoms with Crippen molar-refractivity contribution in [2.24, 2.45) is 16.8 Å². The highest BCUT2D eigenvalue weighted by Crippen LogP contribution is 2.28. The Morgan fingerprint density at radius 2 is 2.11 bits per heavy atom. The molecule has 2 rings (SSSR count). The second-order valence-electron chi connectivity index (χ2n) is 5.29. The molecule has 0 amide bonds. The zero-order chi connectivity index (χ0) is 13.8. The van der Waals surface area contributed by atoms with Crippen molar-refractivity contribution in [2.75, 3.05) is 0 Å². The van der Waals surface area contributed by atoms with E-state index in [0.29, 0.717) is 11.4 Å². The smallest absolute Gasteiger partial charge is 0.225 e. The molecule has 1 fully saturated rings. The minimum atomic E-state index is 0.0461. The highest BCUT2D eigenvalue weighted by molar-refractivity contribution is 6.00. The van der Waals surface area contributed by atoms with E-state index in [1.165, 1.54) is 12.8 Å². The third kappa shape index (κ3) is 3.16. The van der Waals surface area contributed by atoms with Crippen molar-refractivity contribution < 1.29 is 9.94 Å². The molecule has 5 nitrogen and oxygen atoms in total. The first-order valence-corrected chi connectivity index (χ1v) is 6.72. The van der Waals surface area contributed by atoms with Gasteiger partial charge in [0.1, 0.15) is 6.10 Å². The molecule has 1 heterocycles. The molecule has 5 heteroatoms. The lowest BCUT2D eigenvalue weighted by molar-refractivity contribution is 0.129. The van der Waals surface area contributed by atoms with Crippen molar-refractivity contribution >= 4 is 5.84 Å². The van der Waals surface area contributed by atoms with Gasteiger partial charge in [-0.25, -0.2) is 4.98 Å². The van der Waals surface area contributed by atoms with Crippen LogP contribution in [0.2, 0.25) is 0 Å². The Morgan fingerprint density at radius 3 is 2.74 bits per heavy atom. The largest absolute Gasteiger partial charge is 0.474 e. The van der Waals surface area contributed by atoms with Gasteiger partial charge in [0.25, 0.3) is 0 Å². The molecule has 19 heavy (non-hydrogen) atoms. The summed E-state index contributed by atoms with van der Waals surface area (Å²) in [6.07, 6.45) is 6.28. The minimum Gasteiger partial charge on any atom is -0.474 e. The average Bonchev–Trinajstić information content (AvgIpc) is 2.41. The molecule has 0 saturated heterocycles. The van der Waals surface area contributed by atoms with Crippen LogP contribution in [0.5, 0.6) is 5.88 Å². The number of rotatable bonds is 3. The number of nitrogens with zero attached hydrogens (tertiary/aromatic N) is 2. The predicted molar refractivity (Wildman–Crippen MR) is 73.5 cm³/mol. The molecule has 104 valence electrons. The Bertz CT molecular complexity index is 466. The quantitative estimate of drug-likeness (QED) is 0.380. The topological polar surface area (TPSA) is 80.7 Å². The Labute approximate surface area is 113 Å². The third-order valence-electron chi connectivity index (χ3n) is 3.73. The van der Waals surface area contributed by atoms with Crippen LogP contribution in [0.1, 0.15) is 43.7 Å². The number of aromatic nitrogens is 1. The molecular formula is C14H21N3O2. The first-order chi connectivity index (χ1) is 9.11. The first-order valence-electron chi connectivity index (χ1n) is 6.72. The van der Waals surface area contributed by atoms with Gasteiger partial charge in [0.2, 0.25) is 5.88 Å². The lowest BCUT2D eigenvalue weighted by Gasteiger charge is -2.27. The normalized spacial score (nSPS) is 24.2. The SMILES string of the molecule is Cc1ccnc(OC2CCC(C)CC2)c1/C(N)=N/O. The molecule has 0 radical (unpaired) electrons. The van der Waals surface area contributed by atoms with Crippen molar-refractivity contribution in [1.82, 2.24) is 4.98 Å². The predicted octanol–water partition coefficient (Wildman–Crippen LogP) is 2.44. The van der Waals surface area contributed by atoms with E-state index in [4.69, 9.17) is 15.7 Å². The van der Waals surface area contributed by atoms with Gasteiger partial charge in [0.15, 0.2) is 5.84 Å². The van der Waals surface area contributed by atoms with Gasteiger partial charge in [0, 0.05) is 6.20 Å². The Hall–Kier alpha value is -1.78. The number of oxime groups is 1. The zero-order valence-electron chi connectivity index (χ0n) is 11.5. The summed E-state index contributed by atoms with van der Waals surface area (Å²) in [5.41, 5.74) is 7.18. The van der Waals surface area contributed by atoms with E-state index in [-0.39, 0.29) is 11.9 Å². The highest BCUT2D eigenvalue weighted by atomic mass is 16.5. The molecule has 0 aliphatic heterocycles. The highest BCUT2D eigenvalue weighted by Gasteiger charge is 2.22. The van der Waals surface area contributed by atoms with Crippen molar-refractivity contribution in [3.63, 3.8) is 0 Å². The summed E-state index contributed by atoms with van der Waals surface area (Å²) < 4.78 is 5.96. The van der Waals surface area contributed by atoms with E-state index in [1.54, 1.807) is 6.20 Å². The van der Waals surface area contributed by atoms with Crippen molar-refractivity contribution in [2.45, 2.75) is 45.6 Å². The summed E-state index contributed by atoms with van der Waals surface area (Å²) in [5, 5.41) is 11.9. The van der Waals surface area contributed by atoms with Crippen molar-refractivity contribution in [1.29, 1.82) is 0 Å². The third-order valence-corrected chi connectivity index (χ3v) is 3.73. The van der Waals surface area contributed by atoms with Gasteiger partial charge in [-0.05, 0) is 50.2 Å². The van der Waals surface area contributed by atoms with E-state index < -0.39 is 0 Å². The molecule has 0 aromatic carbocycles. The number of hydrogen-bond donors (Lipinski definition) is 2. The van der Waals surface area contributed by atoms with Crippen LogP contribution in [0, 0.1) is 12.8 Å². The molecule has 0 spiro atoms. The maximum atomic E-state index is 8.86. The monoisotopic (exact) mass is 263 g/mol. The number of ether oxygens (including phenoxy) is 1. The molecular weight excluding hydrogens is 242 g/mol. The fourth-order valence-corrected chi connectivity index (χ4v) is 2.49. The van der Waals surface area contributed by atoms with Gasteiger partial charge in [0.05, 0.1) is 5.56 Å². The lowest BCUT2D eigenvalue weighted by atomic mass is 9.89. The average molecular weight is 263 g/mol. The van der Waals surface area contributed by atoms with Crippen LogP contribution in [-0.2, 0) is 0 Å². The molecule has 0 bridgehead atoms. The van der Waals surface area contributed by atoms with Crippen LogP contribution < -0.4 is 10.5 Å². The first kappa shape index (κ1) is 13.6. The number of amidine groups is 1. The Balaban J connectivity index is 2.18. The standard InChI is InChI=1S/C14H21N3O2/c1-9-3-5-11(6-4-9)19-14-12(13(15)17-18)10(2)7-8-16-14/h7-9,11,18H,3-6H2,1-2H3,(H2,15,17). The van der Waals surface area contributed by atoms with E-state index in [2.05, 4.69) is 17.1 Å². The van der Waals surface area contributed by atoms with Gasteiger partial charge in [-0.3, -0.25) is 0 Å². The maximum Gasteiger partial charge on any atom is 0.225 e. The van der Waals surface area contributed by atoms with Gasteiger partial charge in [-0.1, -0.05) is 12.1 Å². The zero-order valence-corrected chi connectivity index (χ0v) is 11.5. The fraction of sp³-hybridized carbons (Fsp3) is 0.571. The summed E-state index contributed by atoms with van der Waals surface area (Å²) in [4.78, 5) is 4.23. The maximum absolute atomic E-state index is 8.86. The van der Waals surface area contributed by atoms with Crippen LogP contribution >= 0.6 is 0 Å². The second-order valence-corrected chi connectivity index (χ2v) is 5.29. The van der Waals surface area contributed by atoms with Crippen molar-refractivity contribution in [3.05, 3.63) is 23.4 Å². The van der Waals surface area contributed by atoms with Crippen LogP contribution in [-0.4, -0.2) is 22.1 Å². The minimum absolute atomic E-state index is 0.0461. The van der Waals surface area contributed by atoms with Crippen LogP contribution in [0.25, 0.3) is 0 Å². The number of hydrogen-bond acceptors (Lipinski definition) is 4. The van der Waals surface area contributed by atoms with Crippen molar-refractivity contribution in [3.8, 4) is 5.88 Å². The van der Waals surface area contributed by atoms with E-state index in [0.717, 1.165) is 24.3 Å². The molecule has 0 unspecified atom stereocenters. The summed E-state index contributed by atoms with van der Waals surface area (Å²) in [5.74, 6) is 1.29. The number of pyridine rings is 1. The molecule has 1 aliphatic carbocycles. The Morgan fingerprint density at radius 1 is 1.42 bits per heavy atom. The summed E-state index contributed by atoms with van der Waals surface area (Å²) in [6.45, 7) is 4.16. The number of aryl methyl sites for hydroxylation is 1. The summed E-state index contributed by atoms with van der Waals surface area (Å²) in [7, 11) is 0. The fourth-order valence-electron chi connectivity index (χ4n) is 2.49. The molecule has 1 aromatic rings. The lowest BCUT2D eigenvalue weighted by Crippen LogP contribution is -2.25. The summed E-state index contributed by atoms with van der Waals surface area (Å²) in [6, 6.07) is 1.82. The molecule has 1 saturated carbocycles. The molecule has 0 atom stereocenters. The van der Waals surface area contributed by atoms with E-state index >= 15 is 0 Å². The van der Waals surface area contributed by atoms with E-state index in [9.17, 15) is 0 Å². The van der Waals surface area contributed by atoms with Gasteiger partial charge in [-0.2, -0.15) is 0 Å². The molecule has 1 aromatic heterocycles. The van der Waals surface area contributed by atoms with Crippen LogP contribution in [0.15, 0.2) is 17.4 Å². The van der Waals surface area contributed by atoms with Gasteiger partial charge in [-0.15, -0.1) is 0 Å². The molecule has 1 aliphatic rings. The van der Waals surface area contributed by atoms with E-state index in [1.807, 2.05) is 13.0 Å². The Kier molecular flexibility index (Phi) is 4.24. The second kappa shape index (κ2) is 5.91.